The molecule has 3 heteroatoms. The maximum Gasteiger partial charge on any atom is 0.123 e. The third-order valence-corrected chi connectivity index (χ3v) is 3.53. The van der Waals surface area contributed by atoms with Crippen LogP contribution in [0.25, 0.3) is 10.4 Å². The number of thiophene rings is 1. The Hall–Kier alpha value is -1.19. The zero-order chi connectivity index (χ0) is 12.3. The quantitative estimate of drug-likeness (QED) is 0.862. The Morgan fingerprint density at radius 1 is 1.24 bits per heavy atom. The summed E-state index contributed by atoms with van der Waals surface area (Å²) >= 11 is 1.70. The Morgan fingerprint density at radius 3 is 2.59 bits per heavy atom. The predicted molar refractivity (Wildman–Crippen MR) is 71.7 cm³/mol. The molecular weight excluding hydrogens is 233 g/mol. The molecule has 0 spiro atoms. The summed E-state index contributed by atoms with van der Waals surface area (Å²) in [6, 6.07) is 9.29. The Morgan fingerprint density at radius 2 is 1.94 bits per heavy atom. The summed E-state index contributed by atoms with van der Waals surface area (Å²) in [6.07, 6.45) is 0. The van der Waals surface area contributed by atoms with Crippen molar-refractivity contribution < 1.29 is 4.39 Å². The van der Waals surface area contributed by atoms with Gasteiger partial charge in [-0.15, -0.1) is 11.3 Å². The summed E-state index contributed by atoms with van der Waals surface area (Å²) in [5, 5.41) is 5.53. The lowest BCUT2D eigenvalue weighted by molar-refractivity contribution is 0.590. The zero-order valence-electron chi connectivity index (χ0n) is 10.0. The average Bonchev–Trinajstić information content (AvgIpc) is 2.76. The third-order valence-electron chi connectivity index (χ3n) is 2.50. The number of benzene rings is 1. The molecule has 0 atom stereocenters. The van der Waals surface area contributed by atoms with Crippen LogP contribution in [0.3, 0.4) is 0 Å². The molecule has 0 saturated heterocycles. The van der Waals surface area contributed by atoms with Crippen LogP contribution in [0.5, 0.6) is 0 Å². The number of nitrogens with one attached hydrogen (secondary N) is 1. The number of hydrogen-bond donors (Lipinski definition) is 1. The highest BCUT2D eigenvalue weighted by molar-refractivity contribution is 7.13. The molecule has 0 aliphatic heterocycles. The molecule has 17 heavy (non-hydrogen) atoms. The number of halogens is 1. The van der Waals surface area contributed by atoms with Gasteiger partial charge in [-0.2, -0.15) is 0 Å². The van der Waals surface area contributed by atoms with E-state index in [0.717, 1.165) is 12.1 Å². The first kappa shape index (κ1) is 12.3. The first-order valence-electron chi connectivity index (χ1n) is 5.72. The van der Waals surface area contributed by atoms with Crippen molar-refractivity contribution in [1.29, 1.82) is 0 Å². The van der Waals surface area contributed by atoms with E-state index in [2.05, 4.69) is 30.6 Å². The van der Waals surface area contributed by atoms with E-state index in [1.54, 1.807) is 11.3 Å². The van der Waals surface area contributed by atoms with E-state index in [1.165, 1.54) is 22.6 Å². The molecule has 2 rings (SSSR count). The maximum absolute atomic E-state index is 12.8. The third kappa shape index (κ3) is 3.38. The lowest BCUT2D eigenvalue weighted by atomic mass is 10.1. The molecule has 0 amide bonds. The Balaban J connectivity index is 2.10. The average molecular weight is 249 g/mol. The highest BCUT2D eigenvalue weighted by Gasteiger charge is 2.03. The molecule has 1 N–H and O–H groups in total. The van der Waals surface area contributed by atoms with Gasteiger partial charge in [-0.05, 0) is 34.7 Å². The fourth-order valence-corrected chi connectivity index (χ4v) is 2.48. The van der Waals surface area contributed by atoms with Crippen molar-refractivity contribution in [2.75, 3.05) is 0 Å². The zero-order valence-corrected chi connectivity index (χ0v) is 10.9. The molecule has 1 aromatic heterocycles. The molecule has 0 saturated carbocycles. The molecular formula is C14H16FNS. The van der Waals surface area contributed by atoms with E-state index < -0.39 is 0 Å². The van der Waals surface area contributed by atoms with Crippen molar-refractivity contribution >= 4 is 11.3 Å². The first-order valence-corrected chi connectivity index (χ1v) is 6.60. The van der Waals surface area contributed by atoms with E-state index in [0.29, 0.717) is 6.04 Å². The molecule has 90 valence electrons. The molecule has 0 radical (unpaired) electrons. The van der Waals surface area contributed by atoms with Crippen LogP contribution in [0.15, 0.2) is 35.7 Å². The summed E-state index contributed by atoms with van der Waals surface area (Å²) in [6.45, 7) is 5.15. The molecule has 1 heterocycles. The van der Waals surface area contributed by atoms with Crippen molar-refractivity contribution in [3.8, 4) is 10.4 Å². The lowest BCUT2D eigenvalue weighted by Gasteiger charge is -2.05. The van der Waals surface area contributed by atoms with Crippen LogP contribution in [0.4, 0.5) is 4.39 Å². The summed E-state index contributed by atoms with van der Waals surface area (Å²) < 4.78 is 12.8. The van der Waals surface area contributed by atoms with Crippen LogP contribution in [-0.2, 0) is 6.54 Å². The molecule has 2 aromatic rings. The van der Waals surface area contributed by atoms with Crippen LogP contribution in [0, 0.1) is 5.82 Å². The minimum absolute atomic E-state index is 0.188. The fraction of sp³-hybridized carbons (Fsp3) is 0.286. The summed E-state index contributed by atoms with van der Waals surface area (Å²) in [7, 11) is 0. The number of hydrogen-bond acceptors (Lipinski definition) is 2. The SMILES string of the molecule is CC(C)NCc1csc(-c2ccc(F)cc2)c1. The smallest absolute Gasteiger partial charge is 0.123 e. The highest BCUT2D eigenvalue weighted by Crippen LogP contribution is 2.27. The van der Waals surface area contributed by atoms with Gasteiger partial charge in [0.15, 0.2) is 0 Å². The standard InChI is InChI=1S/C14H16FNS/c1-10(2)16-8-11-7-14(17-9-11)12-3-5-13(15)6-4-12/h3-7,9-10,16H,8H2,1-2H3. The van der Waals surface area contributed by atoms with Crippen molar-refractivity contribution in [2.24, 2.45) is 0 Å². The molecule has 1 nitrogen and oxygen atoms in total. The van der Waals surface area contributed by atoms with Crippen LogP contribution in [-0.4, -0.2) is 6.04 Å². The Bertz CT molecular complexity index is 473. The van der Waals surface area contributed by atoms with E-state index in [4.69, 9.17) is 0 Å². The van der Waals surface area contributed by atoms with E-state index in [-0.39, 0.29) is 5.82 Å². The van der Waals surface area contributed by atoms with Gasteiger partial charge in [-0.3, -0.25) is 0 Å². The van der Waals surface area contributed by atoms with E-state index >= 15 is 0 Å². The van der Waals surface area contributed by atoms with Crippen LogP contribution >= 0.6 is 11.3 Å². The summed E-state index contributed by atoms with van der Waals surface area (Å²) in [5.41, 5.74) is 2.36. The second kappa shape index (κ2) is 5.43. The largest absolute Gasteiger partial charge is 0.310 e. The number of rotatable bonds is 4. The predicted octanol–water partition coefficient (Wildman–Crippen LogP) is 4.05. The lowest BCUT2D eigenvalue weighted by Crippen LogP contribution is -2.21. The van der Waals surface area contributed by atoms with Gasteiger partial charge in [0.2, 0.25) is 0 Å². The van der Waals surface area contributed by atoms with Gasteiger partial charge >= 0.3 is 0 Å². The van der Waals surface area contributed by atoms with Gasteiger partial charge in [-0.25, -0.2) is 4.39 Å². The highest BCUT2D eigenvalue weighted by atomic mass is 32.1. The molecule has 0 fully saturated rings. The minimum Gasteiger partial charge on any atom is -0.310 e. The second-order valence-corrected chi connectivity index (χ2v) is 5.27. The van der Waals surface area contributed by atoms with Gasteiger partial charge in [0.25, 0.3) is 0 Å². The minimum atomic E-state index is -0.188. The van der Waals surface area contributed by atoms with Gasteiger partial charge in [0.05, 0.1) is 0 Å². The molecule has 0 unspecified atom stereocenters. The van der Waals surface area contributed by atoms with Crippen LogP contribution < -0.4 is 5.32 Å². The monoisotopic (exact) mass is 249 g/mol. The summed E-state index contributed by atoms with van der Waals surface area (Å²) in [4.78, 5) is 1.19. The molecule has 0 aliphatic rings. The van der Waals surface area contributed by atoms with Crippen LogP contribution in [0.1, 0.15) is 19.4 Å². The van der Waals surface area contributed by atoms with Crippen molar-refractivity contribution in [2.45, 2.75) is 26.4 Å². The van der Waals surface area contributed by atoms with Gasteiger partial charge in [0, 0.05) is 17.5 Å². The normalized spacial score (nSPS) is 11.1. The molecule has 0 aliphatic carbocycles. The topological polar surface area (TPSA) is 12.0 Å². The van der Waals surface area contributed by atoms with Gasteiger partial charge < -0.3 is 5.32 Å². The van der Waals surface area contributed by atoms with E-state index in [9.17, 15) is 4.39 Å². The van der Waals surface area contributed by atoms with Crippen LogP contribution in [0.2, 0.25) is 0 Å². The fourth-order valence-electron chi connectivity index (χ4n) is 1.56. The van der Waals surface area contributed by atoms with Crippen molar-refractivity contribution in [1.82, 2.24) is 5.32 Å². The van der Waals surface area contributed by atoms with Crippen molar-refractivity contribution in [3.63, 3.8) is 0 Å². The molecule has 0 bridgehead atoms. The maximum atomic E-state index is 12.8. The second-order valence-electron chi connectivity index (χ2n) is 4.36. The Labute approximate surface area is 105 Å². The van der Waals surface area contributed by atoms with Gasteiger partial charge in [-0.1, -0.05) is 26.0 Å². The van der Waals surface area contributed by atoms with E-state index in [1.807, 2.05) is 12.1 Å². The van der Waals surface area contributed by atoms with Gasteiger partial charge in [0.1, 0.15) is 5.82 Å². The molecule has 1 aromatic carbocycles. The van der Waals surface area contributed by atoms with Crippen molar-refractivity contribution in [3.05, 3.63) is 47.1 Å². The Kier molecular flexibility index (Phi) is 3.92. The summed E-state index contributed by atoms with van der Waals surface area (Å²) in [5.74, 6) is -0.188. The first-order chi connectivity index (χ1) is 8.15.